The molecule has 0 saturated heterocycles. The Balaban J connectivity index is 2.52. The standard InChI is InChI=1S/C11H14BrN5/c1-3-4-11-14-15-16-17(11)10-6-9(13)7(2)5-8(10)12/h5-6H,3-4,13H2,1-2H3. The van der Waals surface area contributed by atoms with Gasteiger partial charge >= 0.3 is 0 Å². The molecule has 0 aliphatic rings. The molecule has 1 aromatic carbocycles. The van der Waals surface area contributed by atoms with E-state index in [-0.39, 0.29) is 0 Å². The van der Waals surface area contributed by atoms with Crippen molar-refractivity contribution in [3.05, 3.63) is 28.0 Å². The molecule has 17 heavy (non-hydrogen) atoms. The Morgan fingerprint density at radius 2 is 2.18 bits per heavy atom. The van der Waals surface area contributed by atoms with Gasteiger partial charge in [0.1, 0.15) is 0 Å². The van der Waals surface area contributed by atoms with Gasteiger partial charge in [-0.05, 0) is 57.4 Å². The molecule has 0 amide bonds. The van der Waals surface area contributed by atoms with Gasteiger partial charge in [-0.25, -0.2) is 0 Å². The molecule has 1 heterocycles. The largest absolute Gasteiger partial charge is 0.398 e. The highest BCUT2D eigenvalue weighted by molar-refractivity contribution is 9.10. The first-order valence-electron chi connectivity index (χ1n) is 5.46. The molecule has 0 spiro atoms. The van der Waals surface area contributed by atoms with Gasteiger partial charge in [-0.15, -0.1) is 5.10 Å². The van der Waals surface area contributed by atoms with E-state index in [1.807, 2.05) is 19.1 Å². The van der Waals surface area contributed by atoms with Crippen LogP contribution in [0, 0.1) is 6.92 Å². The van der Waals surface area contributed by atoms with Gasteiger partial charge in [0.15, 0.2) is 5.82 Å². The second-order valence-electron chi connectivity index (χ2n) is 3.92. The first-order chi connectivity index (χ1) is 8.13. The van der Waals surface area contributed by atoms with E-state index in [1.165, 1.54) is 0 Å². The molecule has 2 rings (SSSR count). The van der Waals surface area contributed by atoms with Gasteiger partial charge in [-0.1, -0.05) is 6.92 Å². The van der Waals surface area contributed by atoms with Crippen LogP contribution in [0.15, 0.2) is 16.6 Å². The molecule has 2 aromatic rings. The minimum absolute atomic E-state index is 0.737. The van der Waals surface area contributed by atoms with Crippen molar-refractivity contribution in [2.45, 2.75) is 26.7 Å². The minimum atomic E-state index is 0.737. The molecule has 5 nitrogen and oxygen atoms in total. The van der Waals surface area contributed by atoms with Crippen molar-refractivity contribution < 1.29 is 0 Å². The van der Waals surface area contributed by atoms with Crippen LogP contribution in [0.2, 0.25) is 0 Å². The summed E-state index contributed by atoms with van der Waals surface area (Å²) >= 11 is 3.52. The molecule has 0 aliphatic carbocycles. The summed E-state index contributed by atoms with van der Waals surface area (Å²) in [6.45, 7) is 4.06. The molecule has 6 heteroatoms. The number of rotatable bonds is 3. The average Bonchev–Trinajstić information content (AvgIpc) is 2.72. The number of nitrogen functional groups attached to an aromatic ring is 1. The van der Waals surface area contributed by atoms with E-state index in [0.29, 0.717) is 0 Å². The van der Waals surface area contributed by atoms with Gasteiger partial charge < -0.3 is 5.73 Å². The summed E-state index contributed by atoms with van der Waals surface area (Å²) in [6.07, 6.45) is 1.84. The topological polar surface area (TPSA) is 69.6 Å². The molecule has 90 valence electrons. The van der Waals surface area contributed by atoms with Crippen LogP contribution < -0.4 is 5.73 Å². The molecule has 2 N–H and O–H groups in total. The van der Waals surface area contributed by atoms with Crippen molar-refractivity contribution in [1.82, 2.24) is 20.2 Å². The third kappa shape index (κ3) is 2.31. The second kappa shape index (κ2) is 4.83. The Morgan fingerprint density at radius 3 is 2.88 bits per heavy atom. The Hall–Kier alpha value is -1.43. The molecular formula is C11H14BrN5. The normalized spacial score (nSPS) is 10.8. The van der Waals surface area contributed by atoms with Crippen LogP contribution in [0.4, 0.5) is 5.69 Å². The second-order valence-corrected chi connectivity index (χ2v) is 4.77. The summed E-state index contributed by atoms with van der Waals surface area (Å²) in [5.74, 6) is 0.844. The zero-order chi connectivity index (χ0) is 12.4. The number of anilines is 1. The van der Waals surface area contributed by atoms with Crippen molar-refractivity contribution >= 4 is 21.6 Å². The van der Waals surface area contributed by atoms with E-state index in [2.05, 4.69) is 38.4 Å². The first-order valence-corrected chi connectivity index (χ1v) is 6.26. The molecule has 0 fully saturated rings. The first kappa shape index (κ1) is 12.0. The lowest BCUT2D eigenvalue weighted by molar-refractivity contribution is 0.743. The molecular weight excluding hydrogens is 282 g/mol. The summed E-state index contributed by atoms with van der Waals surface area (Å²) in [4.78, 5) is 0. The number of hydrogen-bond donors (Lipinski definition) is 1. The predicted molar refractivity (Wildman–Crippen MR) is 70.0 cm³/mol. The smallest absolute Gasteiger partial charge is 0.156 e. The Labute approximate surface area is 108 Å². The van der Waals surface area contributed by atoms with Gasteiger partial charge in [-0.2, -0.15) is 4.68 Å². The maximum absolute atomic E-state index is 5.92. The third-order valence-corrected chi connectivity index (χ3v) is 3.21. The predicted octanol–water partition coefficient (Wildman–Crippen LogP) is 2.27. The van der Waals surface area contributed by atoms with E-state index in [0.717, 1.165) is 40.1 Å². The molecule has 1 aromatic heterocycles. The lowest BCUT2D eigenvalue weighted by atomic mass is 10.2. The maximum Gasteiger partial charge on any atom is 0.156 e. The van der Waals surface area contributed by atoms with Crippen molar-refractivity contribution in [2.75, 3.05) is 5.73 Å². The van der Waals surface area contributed by atoms with Crippen molar-refractivity contribution in [3.8, 4) is 5.69 Å². The minimum Gasteiger partial charge on any atom is -0.398 e. The number of nitrogens with two attached hydrogens (primary N) is 1. The van der Waals surface area contributed by atoms with Gasteiger partial charge in [-0.3, -0.25) is 0 Å². The number of benzene rings is 1. The summed E-state index contributed by atoms with van der Waals surface area (Å²) in [7, 11) is 0. The van der Waals surface area contributed by atoms with Gasteiger partial charge in [0.25, 0.3) is 0 Å². The molecule has 0 bridgehead atoms. The molecule has 0 saturated carbocycles. The SMILES string of the molecule is CCCc1nnnn1-c1cc(N)c(C)cc1Br. The number of hydrogen-bond acceptors (Lipinski definition) is 4. The van der Waals surface area contributed by atoms with E-state index in [9.17, 15) is 0 Å². The number of halogens is 1. The number of nitrogens with zero attached hydrogens (tertiary/aromatic N) is 4. The van der Waals surface area contributed by atoms with Crippen molar-refractivity contribution in [1.29, 1.82) is 0 Å². The van der Waals surface area contributed by atoms with Crippen LogP contribution >= 0.6 is 15.9 Å². The maximum atomic E-state index is 5.92. The van der Waals surface area contributed by atoms with Gasteiger partial charge in [0.2, 0.25) is 0 Å². The Kier molecular flexibility index (Phi) is 3.42. The van der Waals surface area contributed by atoms with Gasteiger partial charge in [0.05, 0.1) is 5.69 Å². The zero-order valence-electron chi connectivity index (χ0n) is 9.81. The van der Waals surface area contributed by atoms with Crippen LogP contribution in [-0.2, 0) is 6.42 Å². The number of aromatic nitrogens is 4. The molecule has 0 radical (unpaired) electrons. The van der Waals surface area contributed by atoms with Crippen molar-refractivity contribution in [2.24, 2.45) is 0 Å². The number of aryl methyl sites for hydroxylation is 2. The van der Waals surface area contributed by atoms with Crippen LogP contribution in [-0.4, -0.2) is 20.2 Å². The van der Waals surface area contributed by atoms with Crippen LogP contribution in [0.5, 0.6) is 0 Å². The lowest BCUT2D eigenvalue weighted by Gasteiger charge is -2.09. The van der Waals surface area contributed by atoms with Crippen LogP contribution in [0.1, 0.15) is 24.7 Å². The van der Waals surface area contributed by atoms with Crippen LogP contribution in [0.3, 0.4) is 0 Å². The highest BCUT2D eigenvalue weighted by atomic mass is 79.9. The summed E-state index contributed by atoms with van der Waals surface area (Å²) in [6, 6.07) is 3.86. The van der Waals surface area contributed by atoms with Crippen LogP contribution in [0.25, 0.3) is 5.69 Å². The lowest BCUT2D eigenvalue weighted by Crippen LogP contribution is -2.05. The monoisotopic (exact) mass is 295 g/mol. The Bertz CT molecular complexity index is 535. The summed E-state index contributed by atoms with van der Waals surface area (Å²) in [5.41, 5.74) is 8.56. The molecule has 0 unspecified atom stereocenters. The quantitative estimate of drug-likeness (QED) is 0.882. The number of tetrazole rings is 1. The molecule has 0 aliphatic heterocycles. The molecule has 0 atom stereocenters. The fraction of sp³-hybridized carbons (Fsp3) is 0.364. The highest BCUT2D eigenvalue weighted by Crippen LogP contribution is 2.26. The summed E-state index contributed by atoms with van der Waals surface area (Å²) in [5, 5.41) is 11.7. The third-order valence-electron chi connectivity index (χ3n) is 2.57. The summed E-state index contributed by atoms with van der Waals surface area (Å²) < 4.78 is 2.66. The Morgan fingerprint density at radius 1 is 1.41 bits per heavy atom. The fourth-order valence-electron chi connectivity index (χ4n) is 1.61. The zero-order valence-corrected chi connectivity index (χ0v) is 11.4. The van der Waals surface area contributed by atoms with E-state index >= 15 is 0 Å². The fourth-order valence-corrected chi connectivity index (χ4v) is 2.24. The van der Waals surface area contributed by atoms with E-state index in [4.69, 9.17) is 5.73 Å². The van der Waals surface area contributed by atoms with E-state index in [1.54, 1.807) is 4.68 Å². The highest BCUT2D eigenvalue weighted by Gasteiger charge is 2.11. The average molecular weight is 296 g/mol. The van der Waals surface area contributed by atoms with Crippen molar-refractivity contribution in [3.63, 3.8) is 0 Å². The van der Waals surface area contributed by atoms with E-state index < -0.39 is 0 Å². The van der Waals surface area contributed by atoms with Gasteiger partial charge in [0, 0.05) is 16.6 Å².